The van der Waals surface area contributed by atoms with Crippen LogP contribution in [0.3, 0.4) is 0 Å². The molecule has 3 rings (SSSR count). The fourth-order valence-corrected chi connectivity index (χ4v) is 3.77. The molecule has 128 valence electrons. The molecule has 0 bridgehead atoms. The molecule has 0 spiro atoms. The highest BCUT2D eigenvalue weighted by Gasteiger charge is 2.27. The van der Waals surface area contributed by atoms with Crippen LogP contribution in [0.5, 0.6) is 0 Å². The Balaban J connectivity index is 1.94. The molecule has 0 aliphatic rings. The second-order valence-corrected chi connectivity index (χ2v) is 6.76. The summed E-state index contributed by atoms with van der Waals surface area (Å²) in [6.07, 6.45) is 4.61. The van der Waals surface area contributed by atoms with Crippen LogP contribution in [0.15, 0.2) is 59.9 Å². The first-order valence-corrected chi connectivity index (χ1v) is 8.60. The molecule has 0 atom stereocenters. The van der Waals surface area contributed by atoms with E-state index in [-0.39, 0.29) is 16.1 Å². The Kier molecular flexibility index (Phi) is 4.19. The van der Waals surface area contributed by atoms with Gasteiger partial charge in [0.2, 0.25) is 0 Å². The molecule has 0 fully saturated rings. The SMILES string of the molecule is Cc1cccc([N+](=O)[O-])c1S(=O)(=O)Nc1ccc(-n2cccn2)nc1. The smallest absolute Gasteiger partial charge is 0.278 e. The van der Waals surface area contributed by atoms with Crippen molar-refractivity contribution in [3.8, 4) is 5.82 Å². The lowest BCUT2D eigenvalue weighted by molar-refractivity contribution is -0.387. The standard InChI is InChI=1S/C15H13N5O4S/c1-11-4-2-5-13(20(21)22)15(11)25(23,24)18-12-6-7-14(16-10-12)19-9-3-8-17-19/h2-10,18H,1H3. The van der Waals surface area contributed by atoms with Gasteiger partial charge in [-0.25, -0.2) is 18.1 Å². The van der Waals surface area contributed by atoms with Crippen LogP contribution in [0.4, 0.5) is 11.4 Å². The molecule has 25 heavy (non-hydrogen) atoms. The van der Waals surface area contributed by atoms with E-state index < -0.39 is 20.6 Å². The summed E-state index contributed by atoms with van der Waals surface area (Å²) >= 11 is 0. The number of anilines is 1. The maximum absolute atomic E-state index is 12.6. The summed E-state index contributed by atoms with van der Waals surface area (Å²) in [5.74, 6) is 0.509. The van der Waals surface area contributed by atoms with E-state index in [1.54, 1.807) is 24.5 Å². The van der Waals surface area contributed by atoms with Gasteiger partial charge in [-0.15, -0.1) is 0 Å². The molecule has 0 unspecified atom stereocenters. The monoisotopic (exact) mass is 359 g/mol. The van der Waals surface area contributed by atoms with Crippen molar-refractivity contribution in [1.29, 1.82) is 0 Å². The minimum atomic E-state index is -4.14. The normalized spacial score (nSPS) is 11.2. The first kappa shape index (κ1) is 16.6. The number of hydrogen-bond donors (Lipinski definition) is 1. The molecule has 9 nitrogen and oxygen atoms in total. The Morgan fingerprint density at radius 1 is 1.20 bits per heavy atom. The largest absolute Gasteiger partial charge is 0.290 e. The molecule has 0 saturated heterocycles. The van der Waals surface area contributed by atoms with Crippen LogP contribution in [0.1, 0.15) is 5.56 Å². The predicted octanol–water partition coefficient (Wildman–Crippen LogP) is 2.28. The maximum atomic E-state index is 12.6. The number of rotatable bonds is 5. The Labute approximate surface area is 143 Å². The van der Waals surface area contributed by atoms with Crippen LogP contribution in [0.2, 0.25) is 0 Å². The number of pyridine rings is 1. The average Bonchev–Trinajstić information content (AvgIpc) is 3.09. The number of sulfonamides is 1. The van der Waals surface area contributed by atoms with Gasteiger partial charge in [-0.05, 0) is 30.7 Å². The second kappa shape index (κ2) is 6.32. The van der Waals surface area contributed by atoms with Crippen molar-refractivity contribution in [2.75, 3.05) is 4.72 Å². The van der Waals surface area contributed by atoms with Gasteiger partial charge in [0.05, 0.1) is 16.8 Å². The van der Waals surface area contributed by atoms with E-state index in [0.29, 0.717) is 5.82 Å². The number of nitro benzene ring substituents is 1. The van der Waals surface area contributed by atoms with Crippen LogP contribution in [-0.2, 0) is 10.0 Å². The third kappa shape index (κ3) is 3.33. The summed E-state index contributed by atoms with van der Waals surface area (Å²) in [6, 6.07) is 8.91. The van der Waals surface area contributed by atoms with Gasteiger partial charge in [0, 0.05) is 18.5 Å². The summed E-state index contributed by atoms with van der Waals surface area (Å²) in [5, 5.41) is 15.2. The van der Waals surface area contributed by atoms with E-state index in [4.69, 9.17) is 0 Å². The van der Waals surface area contributed by atoms with E-state index in [9.17, 15) is 18.5 Å². The number of nitro groups is 1. The third-order valence-corrected chi connectivity index (χ3v) is 4.97. The minimum absolute atomic E-state index is 0.188. The van der Waals surface area contributed by atoms with Crippen molar-refractivity contribution in [1.82, 2.24) is 14.8 Å². The molecule has 3 aromatic rings. The lowest BCUT2D eigenvalue weighted by Crippen LogP contribution is -2.16. The highest BCUT2D eigenvalue weighted by atomic mass is 32.2. The van der Waals surface area contributed by atoms with Crippen LogP contribution in [0.25, 0.3) is 5.82 Å². The summed E-state index contributed by atoms with van der Waals surface area (Å²) in [5.41, 5.74) is -0.00935. The zero-order valence-corrected chi connectivity index (χ0v) is 13.8. The van der Waals surface area contributed by atoms with Gasteiger partial charge in [0.25, 0.3) is 15.7 Å². The number of aryl methyl sites for hydroxylation is 1. The van der Waals surface area contributed by atoms with E-state index in [0.717, 1.165) is 6.07 Å². The molecule has 2 aromatic heterocycles. The predicted molar refractivity (Wildman–Crippen MR) is 90.0 cm³/mol. The maximum Gasteiger partial charge on any atom is 0.290 e. The lowest BCUT2D eigenvalue weighted by atomic mass is 10.2. The van der Waals surface area contributed by atoms with Gasteiger partial charge in [-0.2, -0.15) is 5.10 Å². The first-order valence-electron chi connectivity index (χ1n) is 7.11. The fraction of sp³-hybridized carbons (Fsp3) is 0.0667. The molecule has 0 radical (unpaired) electrons. The Morgan fingerprint density at radius 3 is 2.60 bits per heavy atom. The minimum Gasteiger partial charge on any atom is -0.278 e. The number of nitrogens with zero attached hydrogens (tertiary/aromatic N) is 4. The lowest BCUT2D eigenvalue weighted by Gasteiger charge is -2.11. The van der Waals surface area contributed by atoms with Crippen molar-refractivity contribution in [2.45, 2.75) is 11.8 Å². The Morgan fingerprint density at radius 2 is 2.00 bits per heavy atom. The van der Waals surface area contributed by atoms with Gasteiger partial charge in [-0.1, -0.05) is 12.1 Å². The van der Waals surface area contributed by atoms with E-state index >= 15 is 0 Å². The molecular formula is C15H13N5O4S. The highest BCUT2D eigenvalue weighted by Crippen LogP contribution is 2.28. The van der Waals surface area contributed by atoms with Gasteiger partial charge >= 0.3 is 0 Å². The van der Waals surface area contributed by atoms with Gasteiger partial charge < -0.3 is 0 Å². The number of nitrogens with one attached hydrogen (secondary N) is 1. The van der Waals surface area contributed by atoms with Crippen molar-refractivity contribution in [2.24, 2.45) is 0 Å². The molecule has 10 heteroatoms. The molecule has 0 aliphatic heterocycles. The fourth-order valence-electron chi connectivity index (χ4n) is 2.32. The zero-order chi connectivity index (χ0) is 18.0. The van der Waals surface area contributed by atoms with Crippen molar-refractivity contribution < 1.29 is 13.3 Å². The van der Waals surface area contributed by atoms with Crippen LogP contribution >= 0.6 is 0 Å². The van der Waals surface area contributed by atoms with Crippen molar-refractivity contribution >= 4 is 21.4 Å². The summed E-state index contributed by atoms with van der Waals surface area (Å²) in [4.78, 5) is 14.2. The topological polar surface area (TPSA) is 120 Å². The molecule has 0 saturated carbocycles. The summed E-state index contributed by atoms with van der Waals surface area (Å²) in [6.45, 7) is 1.50. The van der Waals surface area contributed by atoms with E-state index in [1.165, 1.54) is 36.0 Å². The van der Waals surface area contributed by atoms with Gasteiger partial charge in [-0.3, -0.25) is 14.8 Å². The summed E-state index contributed by atoms with van der Waals surface area (Å²) in [7, 11) is -4.14. The third-order valence-electron chi connectivity index (χ3n) is 3.40. The number of aromatic nitrogens is 3. The average molecular weight is 359 g/mol. The summed E-state index contributed by atoms with van der Waals surface area (Å²) < 4.78 is 29.0. The molecule has 2 heterocycles. The zero-order valence-electron chi connectivity index (χ0n) is 13.0. The van der Waals surface area contributed by atoms with Crippen LogP contribution in [-0.4, -0.2) is 28.1 Å². The van der Waals surface area contributed by atoms with Crippen LogP contribution < -0.4 is 4.72 Å². The Hall–Kier alpha value is -3.27. The molecule has 1 N–H and O–H groups in total. The van der Waals surface area contributed by atoms with Crippen molar-refractivity contribution in [3.63, 3.8) is 0 Å². The molecule has 1 aromatic carbocycles. The second-order valence-electron chi connectivity index (χ2n) is 5.14. The van der Waals surface area contributed by atoms with Crippen molar-refractivity contribution in [3.05, 3.63) is 70.7 Å². The van der Waals surface area contributed by atoms with Gasteiger partial charge in [0.15, 0.2) is 10.7 Å². The van der Waals surface area contributed by atoms with E-state index in [1.807, 2.05) is 0 Å². The first-order chi connectivity index (χ1) is 11.9. The van der Waals surface area contributed by atoms with Crippen LogP contribution in [0, 0.1) is 17.0 Å². The molecule has 0 amide bonds. The van der Waals surface area contributed by atoms with Gasteiger partial charge in [0.1, 0.15) is 0 Å². The number of hydrogen-bond acceptors (Lipinski definition) is 6. The van der Waals surface area contributed by atoms with E-state index in [2.05, 4.69) is 14.8 Å². The number of benzene rings is 1. The highest BCUT2D eigenvalue weighted by molar-refractivity contribution is 7.93. The molecule has 0 aliphatic carbocycles. The quantitative estimate of drug-likeness (QED) is 0.551. The molecular weight excluding hydrogens is 346 g/mol. The Bertz CT molecular complexity index is 1010.